The molecule has 2 nitrogen and oxygen atoms in total. The predicted molar refractivity (Wildman–Crippen MR) is 84.9 cm³/mol. The molecule has 1 aliphatic carbocycles. The van der Waals surface area contributed by atoms with Gasteiger partial charge in [-0.05, 0) is 63.2 Å². The fourth-order valence-electron chi connectivity index (χ4n) is 3.27. The first-order valence-corrected chi connectivity index (χ1v) is 8.37. The first-order chi connectivity index (χ1) is 9.83. The van der Waals surface area contributed by atoms with E-state index in [1.54, 1.807) is 11.1 Å². The molecule has 3 rings (SSSR count). The molecule has 1 aromatic rings. The molecule has 20 heavy (non-hydrogen) atoms. The lowest BCUT2D eigenvalue weighted by molar-refractivity contribution is 0.152. The molecule has 1 aromatic carbocycles. The smallest absolute Gasteiger partial charge is 0.0239 e. The lowest BCUT2D eigenvalue weighted by Gasteiger charge is -2.33. The summed E-state index contributed by atoms with van der Waals surface area (Å²) in [6, 6.07) is 10.6. The Bertz CT molecular complexity index is 425. The van der Waals surface area contributed by atoms with Gasteiger partial charge in [-0.2, -0.15) is 0 Å². The summed E-state index contributed by atoms with van der Waals surface area (Å²) in [6.07, 6.45) is 8.08. The molecule has 1 saturated heterocycles. The summed E-state index contributed by atoms with van der Waals surface area (Å²) in [7, 11) is 0. The van der Waals surface area contributed by atoms with Gasteiger partial charge in [-0.15, -0.1) is 0 Å². The molecule has 1 unspecified atom stereocenters. The normalized spacial score (nSPS) is 23.9. The van der Waals surface area contributed by atoms with E-state index in [1.807, 2.05) is 0 Å². The van der Waals surface area contributed by atoms with Crippen LogP contribution in [-0.2, 0) is 13.0 Å². The minimum Gasteiger partial charge on any atom is -0.314 e. The summed E-state index contributed by atoms with van der Waals surface area (Å²) in [5.41, 5.74) is 3.08. The van der Waals surface area contributed by atoms with Crippen LogP contribution in [0.4, 0.5) is 0 Å². The number of nitrogens with one attached hydrogen (secondary N) is 1. The minimum absolute atomic E-state index is 0.751. The van der Waals surface area contributed by atoms with Gasteiger partial charge in [-0.1, -0.05) is 30.7 Å². The van der Waals surface area contributed by atoms with E-state index in [-0.39, 0.29) is 0 Å². The fourth-order valence-corrected chi connectivity index (χ4v) is 3.27. The van der Waals surface area contributed by atoms with Gasteiger partial charge in [0, 0.05) is 18.6 Å². The number of nitrogens with zero attached hydrogens (tertiary/aromatic N) is 1. The molecule has 1 saturated carbocycles. The van der Waals surface area contributed by atoms with Crippen molar-refractivity contribution in [2.75, 3.05) is 13.1 Å². The zero-order valence-electron chi connectivity index (χ0n) is 12.8. The van der Waals surface area contributed by atoms with Crippen LogP contribution in [0.3, 0.4) is 0 Å². The number of benzene rings is 1. The molecule has 2 heteroatoms. The third-order valence-electron chi connectivity index (χ3n) is 4.84. The van der Waals surface area contributed by atoms with Crippen LogP contribution in [0.2, 0.25) is 0 Å². The van der Waals surface area contributed by atoms with Crippen molar-refractivity contribution in [2.24, 2.45) is 0 Å². The van der Waals surface area contributed by atoms with Gasteiger partial charge in [0.25, 0.3) is 0 Å². The summed E-state index contributed by atoms with van der Waals surface area (Å²) in [5, 5.41) is 3.63. The Morgan fingerprint density at radius 3 is 2.65 bits per heavy atom. The molecule has 1 N–H and O–H groups in total. The van der Waals surface area contributed by atoms with Crippen LogP contribution in [0.1, 0.15) is 50.2 Å². The van der Waals surface area contributed by atoms with E-state index in [0.717, 1.165) is 25.2 Å². The molecule has 1 heterocycles. The summed E-state index contributed by atoms with van der Waals surface area (Å²) in [4.78, 5) is 2.66. The maximum atomic E-state index is 3.63. The highest BCUT2D eigenvalue weighted by Gasteiger charge is 2.21. The quantitative estimate of drug-likeness (QED) is 0.854. The minimum atomic E-state index is 0.751. The van der Waals surface area contributed by atoms with Crippen molar-refractivity contribution in [3.63, 3.8) is 0 Å². The number of likely N-dealkylation sites (tertiary alicyclic amines) is 1. The summed E-state index contributed by atoms with van der Waals surface area (Å²) >= 11 is 0. The molecular formula is C18H28N2. The van der Waals surface area contributed by atoms with Gasteiger partial charge in [0.15, 0.2) is 0 Å². The van der Waals surface area contributed by atoms with Crippen molar-refractivity contribution in [1.29, 1.82) is 0 Å². The predicted octanol–water partition coefficient (Wildman–Crippen LogP) is 3.36. The molecule has 0 spiro atoms. The largest absolute Gasteiger partial charge is 0.314 e. The van der Waals surface area contributed by atoms with Crippen molar-refractivity contribution in [3.8, 4) is 0 Å². The first-order valence-electron chi connectivity index (χ1n) is 8.37. The number of hydrogen-bond donors (Lipinski definition) is 1. The Hall–Kier alpha value is -0.860. The maximum Gasteiger partial charge on any atom is 0.0239 e. The summed E-state index contributed by atoms with van der Waals surface area (Å²) in [5.74, 6) is 0. The van der Waals surface area contributed by atoms with E-state index in [2.05, 4.69) is 41.4 Å². The van der Waals surface area contributed by atoms with Crippen LogP contribution < -0.4 is 5.32 Å². The Morgan fingerprint density at radius 2 is 1.90 bits per heavy atom. The Morgan fingerprint density at radius 1 is 1.10 bits per heavy atom. The third kappa shape index (κ3) is 3.83. The molecule has 0 amide bonds. The zero-order valence-corrected chi connectivity index (χ0v) is 12.8. The Kier molecular flexibility index (Phi) is 4.74. The lowest BCUT2D eigenvalue weighted by Crippen LogP contribution is -2.37. The molecule has 110 valence electrons. The van der Waals surface area contributed by atoms with Crippen molar-refractivity contribution >= 4 is 0 Å². The van der Waals surface area contributed by atoms with Crippen LogP contribution >= 0.6 is 0 Å². The Labute approximate surface area is 123 Å². The second kappa shape index (κ2) is 6.73. The summed E-state index contributed by atoms with van der Waals surface area (Å²) < 4.78 is 0. The average molecular weight is 272 g/mol. The maximum absolute atomic E-state index is 3.63. The second-order valence-electron chi connectivity index (χ2n) is 6.56. The number of rotatable bonds is 6. The molecule has 1 aliphatic heterocycles. The SMILES string of the molecule is CC1CCCCN1Cc1ccccc1CCNC1CC1. The van der Waals surface area contributed by atoms with Crippen LogP contribution in [0.25, 0.3) is 0 Å². The van der Waals surface area contributed by atoms with Gasteiger partial charge in [-0.3, -0.25) is 4.90 Å². The van der Waals surface area contributed by atoms with Crippen LogP contribution in [0, 0.1) is 0 Å². The topological polar surface area (TPSA) is 15.3 Å². The fraction of sp³-hybridized carbons (Fsp3) is 0.667. The standard InChI is InChI=1S/C18H28N2/c1-15-6-4-5-13-20(15)14-17-8-3-2-7-16(17)11-12-19-18-9-10-18/h2-3,7-8,15,18-19H,4-6,9-14H2,1H3. The van der Waals surface area contributed by atoms with E-state index in [0.29, 0.717) is 0 Å². The van der Waals surface area contributed by atoms with Gasteiger partial charge in [0.2, 0.25) is 0 Å². The van der Waals surface area contributed by atoms with Gasteiger partial charge >= 0.3 is 0 Å². The number of hydrogen-bond acceptors (Lipinski definition) is 2. The Balaban J connectivity index is 1.58. The van der Waals surface area contributed by atoms with E-state index in [9.17, 15) is 0 Å². The van der Waals surface area contributed by atoms with Gasteiger partial charge < -0.3 is 5.32 Å². The average Bonchev–Trinajstić information content (AvgIpc) is 3.27. The lowest BCUT2D eigenvalue weighted by atomic mass is 10.00. The molecule has 2 fully saturated rings. The highest BCUT2D eigenvalue weighted by atomic mass is 15.2. The van der Waals surface area contributed by atoms with E-state index < -0.39 is 0 Å². The highest BCUT2D eigenvalue weighted by Crippen LogP contribution is 2.21. The van der Waals surface area contributed by atoms with Crippen molar-refractivity contribution in [3.05, 3.63) is 35.4 Å². The summed E-state index contributed by atoms with van der Waals surface area (Å²) in [6.45, 7) is 5.93. The first kappa shape index (κ1) is 14.1. The van der Waals surface area contributed by atoms with Crippen molar-refractivity contribution in [2.45, 2.75) is 64.1 Å². The molecule has 0 bridgehead atoms. The van der Waals surface area contributed by atoms with Gasteiger partial charge in [-0.25, -0.2) is 0 Å². The van der Waals surface area contributed by atoms with Gasteiger partial charge in [0.1, 0.15) is 0 Å². The van der Waals surface area contributed by atoms with Gasteiger partial charge in [0.05, 0.1) is 0 Å². The second-order valence-corrected chi connectivity index (χ2v) is 6.56. The number of piperidine rings is 1. The molecule has 1 atom stereocenters. The van der Waals surface area contributed by atoms with Crippen molar-refractivity contribution < 1.29 is 0 Å². The van der Waals surface area contributed by atoms with Crippen LogP contribution in [-0.4, -0.2) is 30.1 Å². The molecule has 0 aromatic heterocycles. The molecular weight excluding hydrogens is 244 g/mol. The monoisotopic (exact) mass is 272 g/mol. The van der Waals surface area contributed by atoms with Crippen LogP contribution in [0.15, 0.2) is 24.3 Å². The molecule has 2 aliphatic rings. The van der Waals surface area contributed by atoms with Crippen LogP contribution in [0.5, 0.6) is 0 Å². The zero-order chi connectivity index (χ0) is 13.8. The molecule has 0 radical (unpaired) electrons. The van der Waals surface area contributed by atoms with E-state index in [1.165, 1.54) is 45.1 Å². The van der Waals surface area contributed by atoms with Crippen molar-refractivity contribution in [1.82, 2.24) is 10.2 Å². The van der Waals surface area contributed by atoms with E-state index >= 15 is 0 Å². The third-order valence-corrected chi connectivity index (χ3v) is 4.84. The van der Waals surface area contributed by atoms with E-state index in [4.69, 9.17) is 0 Å². The highest BCUT2D eigenvalue weighted by molar-refractivity contribution is 5.27.